The highest BCUT2D eigenvalue weighted by Gasteiger charge is 2.18. The Kier molecular flexibility index (Phi) is 6.07. The Labute approximate surface area is 158 Å². The number of hydrogen-bond acceptors (Lipinski definition) is 3. The molecule has 1 N–H and O–H groups in total. The largest absolute Gasteiger partial charge is 0.308 e. The van der Waals surface area contributed by atoms with E-state index in [-0.39, 0.29) is 11.6 Å². The molecule has 1 aromatic heterocycles. The highest BCUT2D eigenvalue weighted by atomic mass is 35.5. The van der Waals surface area contributed by atoms with Gasteiger partial charge in [0.2, 0.25) is 0 Å². The summed E-state index contributed by atoms with van der Waals surface area (Å²) in [6, 6.07) is 14.8. The molecule has 4 nitrogen and oxygen atoms in total. The van der Waals surface area contributed by atoms with E-state index in [9.17, 15) is 4.79 Å². The van der Waals surface area contributed by atoms with E-state index in [1.54, 1.807) is 16.7 Å². The lowest BCUT2D eigenvalue weighted by molar-refractivity contribution is 0.513. The van der Waals surface area contributed by atoms with Crippen molar-refractivity contribution in [2.75, 3.05) is 6.54 Å². The average Bonchev–Trinajstić information content (AvgIpc) is 2.66. The van der Waals surface area contributed by atoms with Gasteiger partial charge in [0.15, 0.2) is 0 Å². The van der Waals surface area contributed by atoms with Crippen molar-refractivity contribution in [1.29, 1.82) is 0 Å². The van der Waals surface area contributed by atoms with Crippen LogP contribution < -0.4 is 10.9 Å². The van der Waals surface area contributed by atoms with Crippen molar-refractivity contribution in [3.05, 3.63) is 69.7 Å². The lowest BCUT2D eigenvalue weighted by Crippen LogP contribution is -2.30. The van der Waals surface area contributed by atoms with Crippen molar-refractivity contribution in [3.8, 4) is 5.69 Å². The second-order valence-electron chi connectivity index (χ2n) is 6.46. The molecule has 1 atom stereocenters. The van der Waals surface area contributed by atoms with Gasteiger partial charge in [0.1, 0.15) is 5.82 Å². The Morgan fingerprint density at radius 3 is 2.62 bits per heavy atom. The minimum absolute atomic E-state index is 0.0690. The van der Waals surface area contributed by atoms with Crippen molar-refractivity contribution in [2.45, 2.75) is 39.2 Å². The Morgan fingerprint density at radius 1 is 1.12 bits per heavy atom. The molecule has 136 valence electrons. The van der Waals surface area contributed by atoms with Crippen LogP contribution in [0.25, 0.3) is 16.6 Å². The Morgan fingerprint density at radius 2 is 1.85 bits per heavy atom. The summed E-state index contributed by atoms with van der Waals surface area (Å²) in [4.78, 5) is 18.0. The molecule has 0 radical (unpaired) electrons. The summed E-state index contributed by atoms with van der Waals surface area (Å²) in [7, 11) is 0. The van der Waals surface area contributed by atoms with Crippen LogP contribution in [0.15, 0.2) is 53.3 Å². The first kappa shape index (κ1) is 18.6. The highest BCUT2D eigenvalue weighted by Crippen LogP contribution is 2.23. The van der Waals surface area contributed by atoms with Gasteiger partial charge in [-0.3, -0.25) is 9.36 Å². The lowest BCUT2D eigenvalue weighted by atomic mass is 10.2. The quantitative estimate of drug-likeness (QED) is 0.604. The SMILES string of the molecule is CCCCCN[C@@H](C)c1nc2ccccc2c(=O)n1-c1ccccc1Cl. The van der Waals surface area contributed by atoms with E-state index in [4.69, 9.17) is 16.6 Å². The molecule has 0 aliphatic heterocycles. The molecule has 0 saturated carbocycles. The number of aromatic nitrogens is 2. The Bertz CT molecular complexity index is 951. The Hall–Kier alpha value is -2.17. The molecule has 0 spiro atoms. The number of benzene rings is 2. The van der Waals surface area contributed by atoms with Crippen LogP contribution in [0, 0.1) is 0 Å². The molecule has 3 rings (SSSR count). The van der Waals surface area contributed by atoms with Gasteiger partial charge < -0.3 is 5.32 Å². The van der Waals surface area contributed by atoms with Gasteiger partial charge in [-0.25, -0.2) is 4.98 Å². The van der Waals surface area contributed by atoms with Crippen LogP contribution in [0.5, 0.6) is 0 Å². The molecule has 0 amide bonds. The zero-order valence-corrected chi connectivity index (χ0v) is 16.0. The summed E-state index contributed by atoms with van der Waals surface area (Å²) in [6.07, 6.45) is 3.46. The van der Waals surface area contributed by atoms with Crippen molar-refractivity contribution in [1.82, 2.24) is 14.9 Å². The molecule has 0 saturated heterocycles. The molecule has 2 aromatic carbocycles. The molecule has 0 unspecified atom stereocenters. The van der Waals surface area contributed by atoms with Gasteiger partial charge in [-0.1, -0.05) is 55.6 Å². The molecular formula is C21H24ClN3O. The smallest absolute Gasteiger partial charge is 0.266 e. The van der Waals surface area contributed by atoms with Crippen molar-refractivity contribution in [2.24, 2.45) is 0 Å². The van der Waals surface area contributed by atoms with Crippen molar-refractivity contribution >= 4 is 22.5 Å². The highest BCUT2D eigenvalue weighted by molar-refractivity contribution is 6.32. The lowest BCUT2D eigenvalue weighted by Gasteiger charge is -2.20. The van der Waals surface area contributed by atoms with Crippen LogP contribution in [0.4, 0.5) is 0 Å². The molecule has 0 aliphatic rings. The number of nitrogens with zero attached hydrogens (tertiary/aromatic N) is 2. The van der Waals surface area contributed by atoms with E-state index in [0.29, 0.717) is 27.4 Å². The van der Waals surface area contributed by atoms with Gasteiger partial charge in [-0.05, 0) is 44.2 Å². The monoisotopic (exact) mass is 369 g/mol. The number of nitrogens with one attached hydrogen (secondary N) is 1. The fourth-order valence-corrected chi connectivity index (χ4v) is 3.31. The summed E-state index contributed by atoms with van der Waals surface area (Å²) >= 11 is 6.40. The van der Waals surface area contributed by atoms with Gasteiger partial charge in [0, 0.05) is 0 Å². The third-order valence-corrected chi connectivity index (χ3v) is 4.83. The minimum atomic E-state index is -0.0964. The second-order valence-corrected chi connectivity index (χ2v) is 6.87. The third kappa shape index (κ3) is 3.81. The number of halogens is 1. The van der Waals surface area contributed by atoms with Crippen LogP contribution in [-0.2, 0) is 0 Å². The molecule has 0 fully saturated rings. The summed E-state index contributed by atoms with van der Waals surface area (Å²) in [5.41, 5.74) is 1.27. The summed E-state index contributed by atoms with van der Waals surface area (Å²) in [6.45, 7) is 5.11. The van der Waals surface area contributed by atoms with Gasteiger partial charge in [0.25, 0.3) is 5.56 Å². The molecule has 0 aliphatic carbocycles. The van der Waals surface area contributed by atoms with Crippen molar-refractivity contribution in [3.63, 3.8) is 0 Å². The first-order valence-electron chi connectivity index (χ1n) is 9.13. The fourth-order valence-electron chi connectivity index (χ4n) is 3.09. The van der Waals surface area contributed by atoms with Gasteiger partial charge in [0.05, 0.1) is 27.7 Å². The van der Waals surface area contributed by atoms with E-state index < -0.39 is 0 Å². The maximum absolute atomic E-state index is 13.2. The average molecular weight is 370 g/mol. The number of unbranched alkanes of at least 4 members (excludes halogenated alkanes) is 2. The standard InChI is InChI=1S/C21H24ClN3O/c1-3-4-9-14-23-15(2)20-24-18-12-7-5-10-16(18)21(26)25(20)19-13-8-6-11-17(19)22/h5-8,10-13,15,23H,3-4,9,14H2,1-2H3/t15-/m0/s1. The van der Waals surface area contributed by atoms with E-state index >= 15 is 0 Å². The normalized spacial score (nSPS) is 12.4. The van der Waals surface area contributed by atoms with E-state index in [0.717, 1.165) is 13.0 Å². The zero-order valence-electron chi connectivity index (χ0n) is 15.2. The van der Waals surface area contributed by atoms with Crippen LogP contribution >= 0.6 is 11.6 Å². The van der Waals surface area contributed by atoms with Crippen LogP contribution in [-0.4, -0.2) is 16.1 Å². The zero-order chi connectivity index (χ0) is 18.5. The summed E-state index contributed by atoms with van der Waals surface area (Å²) in [5, 5.41) is 4.62. The predicted molar refractivity (Wildman–Crippen MR) is 108 cm³/mol. The number of hydrogen-bond donors (Lipinski definition) is 1. The summed E-state index contributed by atoms with van der Waals surface area (Å²) in [5.74, 6) is 0.679. The Balaban J connectivity index is 2.12. The maximum atomic E-state index is 13.2. The third-order valence-electron chi connectivity index (χ3n) is 4.51. The molecule has 5 heteroatoms. The molecule has 3 aromatic rings. The second kappa shape index (κ2) is 8.47. The van der Waals surface area contributed by atoms with Gasteiger partial charge >= 0.3 is 0 Å². The molecule has 0 bridgehead atoms. The predicted octanol–water partition coefficient (Wildman–Crippen LogP) is 4.88. The van der Waals surface area contributed by atoms with E-state index in [1.807, 2.05) is 43.3 Å². The maximum Gasteiger partial charge on any atom is 0.266 e. The minimum Gasteiger partial charge on any atom is -0.308 e. The van der Waals surface area contributed by atoms with Crippen LogP contribution in [0.2, 0.25) is 5.02 Å². The molecular weight excluding hydrogens is 346 g/mol. The van der Waals surface area contributed by atoms with Crippen LogP contribution in [0.1, 0.15) is 45.0 Å². The summed E-state index contributed by atoms with van der Waals surface area (Å²) < 4.78 is 1.64. The number of para-hydroxylation sites is 2. The number of rotatable bonds is 7. The van der Waals surface area contributed by atoms with E-state index in [1.165, 1.54) is 12.8 Å². The fraction of sp³-hybridized carbons (Fsp3) is 0.333. The van der Waals surface area contributed by atoms with Gasteiger partial charge in [-0.2, -0.15) is 0 Å². The van der Waals surface area contributed by atoms with Crippen molar-refractivity contribution < 1.29 is 0 Å². The topological polar surface area (TPSA) is 46.9 Å². The van der Waals surface area contributed by atoms with Gasteiger partial charge in [-0.15, -0.1) is 0 Å². The van der Waals surface area contributed by atoms with E-state index in [2.05, 4.69) is 12.2 Å². The van der Waals surface area contributed by atoms with Crippen LogP contribution in [0.3, 0.4) is 0 Å². The first-order chi connectivity index (χ1) is 12.6. The number of fused-ring (bicyclic) bond motifs is 1. The molecule has 1 heterocycles. The molecule has 26 heavy (non-hydrogen) atoms. The first-order valence-corrected chi connectivity index (χ1v) is 9.51.